The molecule has 7 aromatic carbocycles. The van der Waals surface area contributed by atoms with Crippen LogP contribution in [-0.2, 0) is 0 Å². The molecule has 5 heterocycles. The minimum atomic E-state index is 0.622. The summed E-state index contributed by atoms with van der Waals surface area (Å²) in [4.78, 5) is 10.9. The maximum absolute atomic E-state index is 5.51. The van der Waals surface area contributed by atoms with Crippen LogP contribution in [0, 0.1) is 0 Å². The van der Waals surface area contributed by atoms with E-state index in [9.17, 15) is 0 Å². The molecule has 56 heavy (non-hydrogen) atoms. The molecule has 0 amide bonds. The molecule has 0 saturated heterocycles. The zero-order valence-corrected chi connectivity index (χ0v) is 30.2. The number of rotatable bonds is 5. The van der Waals surface area contributed by atoms with Crippen molar-refractivity contribution in [1.29, 1.82) is 0 Å². The Labute approximate surface area is 321 Å². The molecule has 12 rings (SSSR count). The number of hydrogen-bond acceptors (Lipinski definition) is 2. The fraction of sp³-hybridized carbons (Fsp3) is 0. The van der Waals surface area contributed by atoms with E-state index in [4.69, 9.17) is 9.97 Å². The number of aromatic nitrogens is 6. The van der Waals surface area contributed by atoms with Gasteiger partial charge in [0.25, 0.3) is 0 Å². The second-order valence-corrected chi connectivity index (χ2v) is 14.4. The van der Waals surface area contributed by atoms with Gasteiger partial charge in [-0.3, -0.25) is 9.13 Å². The van der Waals surface area contributed by atoms with Crippen LogP contribution in [0.1, 0.15) is 0 Å². The van der Waals surface area contributed by atoms with E-state index in [0.717, 1.165) is 83.1 Å². The predicted octanol–water partition coefficient (Wildman–Crippen LogP) is 12.2. The van der Waals surface area contributed by atoms with Crippen molar-refractivity contribution < 1.29 is 0 Å². The van der Waals surface area contributed by atoms with Gasteiger partial charge in [0, 0.05) is 67.7 Å². The van der Waals surface area contributed by atoms with Crippen LogP contribution in [0.3, 0.4) is 0 Å². The third-order valence-corrected chi connectivity index (χ3v) is 11.2. The van der Waals surface area contributed by atoms with Crippen molar-refractivity contribution in [3.05, 3.63) is 194 Å². The monoisotopic (exact) mass is 716 g/mol. The first-order valence-electron chi connectivity index (χ1n) is 18.9. The van der Waals surface area contributed by atoms with Crippen LogP contribution in [0.2, 0.25) is 0 Å². The Morgan fingerprint density at radius 3 is 1.39 bits per heavy atom. The summed E-state index contributed by atoms with van der Waals surface area (Å²) in [6.07, 6.45) is 4.32. The molecule has 0 aliphatic rings. The number of hydrogen-bond donors (Lipinski definition) is 0. The third-order valence-electron chi connectivity index (χ3n) is 11.2. The fourth-order valence-electron chi connectivity index (χ4n) is 8.68. The average molecular weight is 717 g/mol. The van der Waals surface area contributed by atoms with Crippen molar-refractivity contribution in [3.63, 3.8) is 0 Å². The molecule has 0 bridgehead atoms. The van der Waals surface area contributed by atoms with Gasteiger partial charge in [0.15, 0.2) is 0 Å². The Hall–Kier alpha value is -7.70. The normalized spacial score (nSPS) is 11.9. The van der Waals surface area contributed by atoms with Gasteiger partial charge < -0.3 is 9.13 Å². The van der Waals surface area contributed by atoms with Gasteiger partial charge in [-0.1, -0.05) is 103 Å². The van der Waals surface area contributed by atoms with Crippen molar-refractivity contribution in [2.45, 2.75) is 0 Å². The highest BCUT2D eigenvalue weighted by Gasteiger charge is 2.21. The summed E-state index contributed by atoms with van der Waals surface area (Å²) in [6, 6.07) is 64.5. The molecule has 6 heteroatoms. The van der Waals surface area contributed by atoms with Crippen LogP contribution in [0.5, 0.6) is 0 Å². The van der Waals surface area contributed by atoms with E-state index in [2.05, 4.69) is 207 Å². The van der Waals surface area contributed by atoms with Gasteiger partial charge in [-0.05, 0) is 72.8 Å². The summed E-state index contributed by atoms with van der Waals surface area (Å²) in [6.45, 7) is 0. The Kier molecular flexibility index (Phi) is 6.53. The van der Waals surface area contributed by atoms with Gasteiger partial charge >= 0.3 is 0 Å². The molecule has 5 aromatic heterocycles. The van der Waals surface area contributed by atoms with Crippen molar-refractivity contribution in [1.82, 2.24) is 28.2 Å². The zero-order chi connectivity index (χ0) is 36.7. The highest BCUT2D eigenvalue weighted by molar-refractivity contribution is 6.14. The number of para-hydroxylation sites is 4. The molecule has 0 radical (unpaired) electrons. The first-order valence-corrected chi connectivity index (χ1v) is 18.9. The SMILES string of the molecule is c1ccc(-c2cc(-n3c4ccccc4c4cc5c(ccn5-c5ccccc5)cc43)nc(-n3c4ccccc4c4cc5c(ccn5-c5ccccc5)cc43)n2)cc1. The highest BCUT2D eigenvalue weighted by Crippen LogP contribution is 2.39. The number of benzene rings is 7. The Morgan fingerprint density at radius 2 is 0.821 bits per heavy atom. The van der Waals surface area contributed by atoms with Crippen LogP contribution in [0.25, 0.3) is 99.8 Å². The lowest BCUT2D eigenvalue weighted by Crippen LogP contribution is -2.07. The van der Waals surface area contributed by atoms with Crippen LogP contribution in [0.15, 0.2) is 194 Å². The van der Waals surface area contributed by atoms with Crippen molar-refractivity contribution >= 4 is 65.4 Å². The smallest absolute Gasteiger partial charge is 0.237 e. The van der Waals surface area contributed by atoms with Gasteiger partial charge in [-0.25, -0.2) is 4.98 Å². The summed E-state index contributed by atoms with van der Waals surface area (Å²) in [7, 11) is 0. The van der Waals surface area contributed by atoms with E-state index < -0.39 is 0 Å². The molecular formula is C50H32N6. The van der Waals surface area contributed by atoms with Crippen molar-refractivity contribution in [3.8, 4) is 34.4 Å². The first kappa shape index (κ1) is 30.7. The summed E-state index contributed by atoms with van der Waals surface area (Å²) >= 11 is 0. The maximum atomic E-state index is 5.51. The molecule has 12 aromatic rings. The zero-order valence-electron chi connectivity index (χ0n) is 30.2. The standard InChI is InChI=1S/C50H32N6/c1-4-14-33(15-5-1)42-32-49(55-43-22-12-10-20-38(43)40-30-45-34(28-47(40)55)24-26-53(45)36-16-6-2-7-17-36)52-50(51-42)56-44-23-13-11-21-39(44)41-31-46-35(29-48(41)56)25-27-54(46)37-18-8-3-9-19-37/h1-32H. The van der Waals surface area contributed by atoms with Gasteiger partial charge in [-0.15, -0.1) is 0 Å². The quantitative estimate of drug-likeness (QED) is 0.178. The lowest BCUT2D eigenvalue weighted by molar-refractivity contribution is 0.952. The number of fused-ring (bicyclic) bond motifs is 8. The summed E-state index contributed by atoms with van der Waals surface area (Å²) < 4.78 is 9.09. The largest absolute Gasteiger partial charge is 0.317 e. The number of nitrogens with zero attached hydrogens (tertiary/aromatic N) is 6. The van der Waals surface area contributed by atoms with Crippen molar-refractivity contribution in [2.24, 2.45) is 0 Å². The molecule has 0 aliphatic heterocycles. The van der Waals surface area contributed by atoms with E-state index in [-0.39, 0.29) is 0 Å². The molecule has 0 unspecified atom stereocenters. The predicted molar refractivity (Wildman–Crippen MR) is 230 cm³/mol. The highest BCUT2D eigenvalue weighted by atomic mass is 15.2. The second-order valence-electron chi connectivity index (χ2n) is 14.4. The molecule has 0 fully saturated rings. The van der Waals surface area contributed by atoms with Crippen molar-refractivity contribution in [2.75, 3.05) is 0 Å². The average Bonchev–Trinajstić information content (AvgIpc) is 4.03. The van der Waals surface area contributed by atoms with Crippen LogP contribution < -0.4 is 0 Å². The minimum absolute atomic E-state index is 0.622. The van der Waals surface area contributed by atoms with E-state index in [1.165, 1.54) is 10.8 Å². The third kappa shape index (κ3) is 4.56. The Morgan fingerprint density at radius 1 is 0.339 bits per heavy atom. The van der Waals surface area contributed by atoms with Gasteiger partial charge in [0.05, 0.1) is 38.8 Å². The van der Waals surface area contributed by atoms with E-state index in [1.807, 2.05) is 6.07 Å². The van der Waals surface area contributed by atoms with Gasteiger partial charge in [0.1, 0.15) is 5.82 Å². The van der Waals surface area contributed by atoms with Gasteiger partial charge in [0.2, 0.25) is 5.95 Å². The Balaban J connectivity index is 1.14. The van der Waals surface area contributed by atoms with E-state index in [1.54, 1.807) is 0 Å². The molecular weight excluding hydrogens is 685 g/mol. The molecule has 0 atom stereocenters. The van der Waals surface area contributed by atoms with Crippen LogP contribution in [0.4, 0.5) is 0 Å². The maximum Gasteiger partial charge on any atom is 0.237 e. The second kappa shape index (κ2) is 11.9. The lowest BCUT2D eigenvalue weighted by Gasteiger charge is -2.14. The van der Waals surface area contributed by atoms with E-state index in [0.29, 0.717) is 5.95 Å². The molecule has 0 N–H and O–H groups in total. The van der Waals surface area contributed by atoms with E-state index >= 15 is 0 Å². The fourth-order valence-corrected chi connectivity index (χ4v) is 8.68. The Bertz CT molecular complexity index is 3250. The summed E-state index contributed by atoms with van der Waals surface area (Å²) in [5.41, 5.74) is 10.8. The summed E-state index contributed by atoms with van der Waals surface area (Å²) in [5.74, 6) is 1.43. The lowest BCUT2D eigenvalue weighted by atomic mass is 10.1. The topological polar surface area (TPSA) is 45.5 Å². The van der Waals surface area contributed by atoms with Crippen LogP contribution >= 0.6 is 0 Å². The molecule has 262 valence electrons. The van der Waals surface area contributed by atoms with Gasteiger partial charge in [-0.2, -0.15) is 4.98 Å². The molecule has 0 aliphatic carbocycles. The first-order chi connectivity index (χ1) is 27.8. The molecule has 0 spiro atoms. The summed E-state index contributed by atoms with van der Waals surface area (Å²) in [5, 5.41) is 6.97. The molecule has 0 saturated carbocycles. The minimum Gasteiger partial charge on any atom is -0.317 e. The van der Waals surface area contributed by atoms with Crippen LogP contribution in [-0.4, -0.2) is 28.2 Å². The molecule has 6 nitrogen and oxygen atoms in total.